The second-order valence-corrected chi connectivity index (χ2v) is 21.9. The second kappa shape index (κ2) is 16.2. The number of aromatic nitrogens is 3. The first kappa shape index (κ1) is 39.8. The van der Waals surface area contributed by atoms with Gasteiger partial charge >= 0.3 is 0 Å². The van der Waals surface area contributed by atoms with Crippen molar-refractivity contribution >= 4 is 46.2 Å². The molecule has 0 saturated carbocycles. The maximum Gasteiger partial charge on any atom is 0.120 e. The molecule has 9 rings (SSSR count). The topological polar surface area (TPSA) is 43.9 Å². The van der Waals surface area contributed by atoms with E-state index in [1.54, 1.807) is 0 Å². The van der Waals surface area contributed by atoms with Crippen molar-refractivity contribution in [2.45, 2.75) is 53.8 Å². The Bertz CT molecular complexity index is 2810. The average Bonchev–Trinajstić information content (AvgIpc) is 3.77. The van der Waals surface area contributed by atoms with Gasteiger partial charge in [-0.2, -0.15) is 0 Å². The van der Waals surface area contributed by atoms with E-state index < -0.39 is 8.07 Å². The summed E-state index contributed by atoms with van der Waals surface area (Å²) in [6.07, 6.45) is 3.21. The first-order valence-electron chi connectivity index (χ1n) is 19.4. The minimum absolute atomic E-state index is 0. The van der Waals surface area contributed by atoms with Gasteiger partial charge in [-0.3, -0.25) is 4.98 Å². The molecule has 6 aromatic carbocycles. The first-order valence-corrected chi connectivity index (χ1v) is 22.9. The van der Waals surface area contributed by atoms with Gasteiger partial charge in [0.25, 0.3) is 0 Å². The van der Waals surface area contributed by atoms with Crippen molar-refractivity contribution in [2.24, 2.45) is 5.41 Å². The zero-order valence-corrected chi connectivity index (χ0v) is 37.0. The molecule has 0 aliphatic heterocycles. The van der Waals surface area contributed by atoms with Crippen LogP contribution in [-0.2, 0) is 26.5 Å². The molecule has 287 valence electrons. The van der Waals surface area contributed by atoms with E-state index in [-0.39, 0.29) is 25.5 Å². The summed E-state index contributed by atoms with van der Waals surface area (Å²) in [5.74, 6) is 0.814. The number of hydrogen-bond donors (Lipinski definition) is 0. The average molecular weight is 938 g/mol. The van der Waals surface area contributed by atoms with Crippen LogP contribution >= 0.6 is 0 Å². The minimum atomic E-state index is -1.38. The van der Waals surface area contributed by atoms with Crippen LogP contribution in [0.4, 0.5) is 0 Å². The number of para-hydroxylation sites is 4. The standard InChI is InChI=1S/C31H19N2O.C20H28NSi.Ir/c1-2-11-21(12-3-1)22-13-4-7-18-27(22)33-28-19-8-6-17-26(28)32-31(33)25-16-10-15-24-23-14-5-9-20-29(23)34-30(24)25;1-15-8-10-16(11-9-15)18-12-17(13-20(2,3)4)19(14-21-18)22(5,6)7;/h1-15,17-20H;8-10,12,14H,13H2,1-7H3;/q2*-1;. The van der Waals surface area contributed by atoms with Gasteiger partial charge in [0.1, 0.15) is 5.58 Å². The number of rotatable bonds is 6. The number of benzene rings is 6. The summed E-state index contributed by atoms with van der Waals surface area (Å²) in [6, 6.07) is 54.7. The Morgan fingerprint density at radius 3 is 2.23 bits per heavy atom. The number of nitrogens with zero attached hydrogens (tertiary/aromatic N) is 3. The monoisotopic (exact) mass is 938 g/mol. The van der Waals surface area contributed by atoms with Crippen molar-refractivity contribution in [1.82, 2.24) is 14.5 Å². The Labute approximate surface area is 351 Å². The van der Waals surface area contributed by atoms with E-state index >= 15 is 0 Å². The summed E-state index contributed by atoms with van der Waals surface area (Å²) >= 11 is 0. The van der Waals surface area contributed by atoms with Crippen LogP contribution in [0.5, 0.6) is 0 Å². The van der Waals surface area contributed by atoms with Crippen LogP contribution in [0.2, 0.25) is 19.6 Å². The molecular formula is C51H47IrN3OSi-2. The molecule has 0 unspecified atom stereocenters. The zero-order chi connectivity index (χ0) is 39.0. The van der Waals surface area contributed by atoms with Crippen LogP contribution in [0, 0.1) is 24.5 Å². The first-order chi connectivity index (χ1) is 26.9. The molecule has 0 atom stereocenters. The fourth-order valence-corrected chi connectivity index (χ4v) is 9.10. The molecule has 0 saturated heterocycles. The second-order valence-electron chi connectivity index (χ2n) is 16.8. The predicted octanol–water partition coefficient (Wildman–Crippen LogP) is 13.0. The minimum Gasteiger partial charge on any atom is -0.501 e. The molecular weight excluding hydrogens is 891 g/mol. The van der Waals surface area contributed by atoms with E-state index in [0.29, 0.717) is 0 Å². The van der Waals surface area contributed by atoms with Crippen molar-refractivity contribution < 1.29 is 24.5 Å². The molecule has 0 aliphatic carbocycles. The van der Waals surface area contributed by atoms with Gasteiger partial charge in [0, 0.05) is 42.9 Å². The van der Waals surface area contributed by atoms with E-state index in [0.717, 1.165) is 78.9 Å². The Kier molecular flexibility index (Phi) is 11.3. The third-order valence-corrected chi connectivity index (χ3v) is 12.2. The van der Waals surface area contributed by atoms with E-state index in [1.807, 2.05) is 42.5 Å². The number of furan rings is 1. The van der Waals surface area contributed by atoms with Crippen LogP contribution in [0.3, 0.4) is 0 Å². The van der Waals surface area contributed by atoms with Gasteiger partial charge < -0.3 is 14.0 Å². The summed E-state index contributed by atoms with van der Waals surface area (Å²) in [5, 5.41) is 3.65. The third-order valence-electron chi connectivity index (χ3n) is 10.1. The molecule has 6 heteroatoms. The predicted molar refractivity (Wildman–Crippen MR) is 237 cm³/mol. The van der Waals surface area contributed by atoms with Crippen molar-refractivity contribution in [3.8, 4) is 39.5 Å². The Morgan fingerprint density at radius 1 is 0.754 bits per heavy atom. The third kappa shape index (κ3) is 8.36. The van der Waals surface area contributed by atoms with E-state index in [9.17, 15) is 0 Å². The number of aryl methyl sites for hydroxylation is 1. The van der Waals surface area contributed by atoms with Crippen LogP contribution in [0.15, 0.2) is 150 Å². The fraction of sp³-hybridized carbons (Fsp3) is 0.176. The molecule has 1 radical (unpaired) electrons. The van der Waals surface area contributed by atoms with Gasteiger partial charge in [0.2, 0.25) is 0 Å². The van der Waals surface area contributed by atoms with Crippen molar-refractivity contribution in [1.29, 1.82) is 0 Å². The summed E-state index contributed by atoms with van der Waals surface area (Å²) in [6.45, 7) is 16.2. The number of hydrogen-bond acceptors (Lipinski definition) is 3. The van der Waals surface area contributed by atoms with Gasteiger partial charge in [-0.05, 0) is 52.5 Å². The molecule has 3 heterocycles. The summed E-state index contributed by atoms with van der Waals surface area (Å²) < 4.78 is 8.59. The van der Waals surface area contributed by atoms with Crippen LogP contribution in [0.1, 0.15) is 31.9 Å². The van der Waals surface area contributed by atoms with Gasteiger partial charge in [0.05, 0.1) is 30.5 Å². The van der Waals surface area contributed by atoms with Crippen molar-refractivity contribution in [3.05, 3.63) is 169 Å². The maximum atomic E-state index is 6.36. The Morgan fingerprint density at radius 2 is 1.47 bits per heavy atom. The Balaban J connectivity index is 0.000000189. The molecule has 9 aromatic rings. The largest absolute Gasteiger partial charge is 0.501 e. The zero-order valence-electron chi connectivity index (χ0n) is 33.6. The van der Waals surface area contributed by atoms with E-state index in [4.69, 9.17) is 14.4 Å². The number of imidazole rings is 1. The van der Waals surface area contributed by atoms with E-state index in [2.05, 4.69) is 167 Å². The Hall–Kier alpha value is -5.39. The quantitative estimate of drug-likeness (QED) is 0.123. The number of fused-ring (bicyclic) bond motifs is 4. The molecule has 4 nitrogen and oxygen atoms in total. The normalized spacial score (nSPS) is 11.7. The molecule has 0 amide bonds. The van der Waals surface area contributed by atoms with Gasteiger partial charge in [-0.15, -0.1) is 53.6 Å². The van der Waals surface area contributed by atoms with E-state index in [1.165, 1.54) is 16.3 Å². The molecule has 0 fully saturated rings. The SMILES string of the molecule is Cc1c[c-]c(-c2cc(CC(C)(C)C)c([Si](C)(C)C)cn2)cc1.[Ir].[c-]1ccc2c(oc3ccccc32)c1-c1nc2ccccc2n1-c1ccccc1-c1ccccc1. The summed E-state index contributed by atoms with van der Waals surface area (Å²) in [7, 11) is -1.38. The summed E-state index contributed by atoms with van der Waals surface area (Å²) in [4.78, 5) is 9.83. The molecule has 3 aromatic heterocycles. The van der Waals surface area contributed by atoms with Gasteiger partial charge in [0.15, 0.2) is 0 Å². The molecule has 0 N–H and O–H groups in total. The van der Waals surface area contributed by atoms with Crippen molar-refractivity contribution in [3.63, 3.8) is 0 Å². The van der Waals surface area contributed by atoms with Crippen LogP contribution in [0.25, 0.3) is 72.4 Å². The molecule has 0 bridgehead atoms. The molecule has 0 spiro atoms. The van der Waals surface area contributed by atoms with Crippen LogP contribution < -0.4 is 5.19 Å². The molecule has 57 heavy (non-hydrogen) atoms. The van der Waals surface area contributed by atoms with Crippen molar-refractivity contribution in [2.75, 3.05) is 0 Å². The number of pyridine rings is 1. The smallest absolute Gasteiger partial charge is 0.120 e. The van der Waals surface area contributed by atoms with Gasteiger partial charge in [-0.25, -0.2) is 0 Å². The fourth-order valence-electron chi connectivity index (χ4n) is 7.52. The van der Waals surface area contributed by atoms with Crippen LogP contribution in [-0.4, -0.2) is 22.6 Å². The maximum absolute atomic E-state index is 6.36. The summed E-state index contributed by atoms with van der Waals surface area (Å²) in [5.41, 5.74) is 13.0. The van der Waals surface area contributed by atoms with Gasteiger partial charge in [-0.1, -0.05) is 149 Å². The molecule has 0 aliphatic rings.